The van der Waals surface area contributed by atoms with Crippen molar-refractivity contribution in [3.05, 3.63) is 29.8 Å². The Labute approximate surface area is 129 Å². The molecule has 0 aliphatic carbocycles. The van der Waals surface area contributed by atoms with E-state index in [1.807, 2.05) is 25.1 Å². The number of carbonyl (C=O) groups excluding carboxylic acids is 3. The maximum absolute atomic E-state index is 12.2. The Morgan fingerprint density at radius 2 is 1.91 bits per heavy atom. The van der Waals surface area contributed by atoms with Crippen LogP contribution in [0.4, 0.5) is 5.69 Å². The summed E-state index contributed by atoms with van der Waals surface area (Å²) in [5.74, 6) is -1.79. The number of fused-ring (bicyclic) bond motifs is 1. The molecular formula is C15H20N4O3. The Kier molecular flexibility index (Phi) is 4.77. The third-order valence-corrected chi connectivity index (χ3v) is 3.51. The number of likely N-dealkylation sites (N-methyl/N-ethyl adjacent to an activating group) is 2. The molecule has 0 spiro atoms. The minimum absolute atomic E-state index is 0.254. The average Bonchev–Trinajstić information content (AvgIpc) is 2.72. The molecule has 7 heteroatoms. The second-order valence-electron chi connectivity index (χ2n) is 5.42. The molecule has 0 fully saturated rings. The zero-order valence-corrected chi connectivity index (χ0v) is 12.9. The van der Waals surface area contributed by atoms with Crippen molar-refractivity contribution in [1.82, 2.24) is 15.5 Å². The Balaban J connectivity index is 2.00. The van der Waals surface area contributed by atoms with Gasteiger partial charge in [0.1, 0.15) is 6.04 Å². The molecule has 0 bridgehead atoms. The van der Waals surface area contributed by atoms with Gasteiger partial charge in [0.15, 0.2) is 0 Å². The molecule has 0 aromatic heterocycles. The Bertz CT molecular complexity index is 600. The van der Waals surface area contributed by atoms with Crippen molar-refractivity contribution >= 4 is 23.4 Å². The summed E-state index contributed by atoms with van der Waals surface area (Å²) in [5, 5.41) is 5.02. The van der Waals surface area contributed by atoms with Crippen molar-refractivity contribution in [2.24, 2.45) is 0 Å². The maximum Gasteiger partial charge on any atom is 0.310 e. The number of nitrogens with one attached hydrogen (secondary N) is 2. The fourth-order valence-electron chi connectivity index (χ4n) is 2.29. The van der Waals surface area contributed by atoms with Crippen molar-refractivity contribution < 1.29 is 14.4 Å². The minimum Gasteiger partial charge on any atom is -0.347 e. The van der Waals surface area contributed by atoms with Gasteiger partial charge in [-0.3, -0.25) is 14.4 Å². The standard InChI is InChI=1S/C15H20N4O3/c1-18(2)9-8-16-13(20)14(21)17-12-10-6-4-5-7-11(10)19(3)15(12)22/h4-7,12H,8-9H2,1-3H3,(H,16,20)(H,17,21)/t12-/m1/s1. The monoisotopic (exact) mass is 304 g/mol. The van der Waals surface area contributed by atoms with Crippen LogP contribution in [0.3, 0.4) is 0 Å². The molecule has 2 N–H and O–H groups in total. The Morgan fingerprint density at radius 1 is 1.23 bits per heavy atom. The smallest absolute Gasteiger partial charge is 0.310 e. The second kappa shape index (κ2) is 6.57. The van der Waals surface area contributed by atoms with Crippen LogP contribution in [0.5, 0.6) is 0 Å². The number of benzene rings is 1. The highest BCUT2D eigenvalue weighted by molar-refractivity contribution is 6.35. The van der Waals surface area contributed by atoms with E-state index in [-0.39, 0.29) is 5.91 Å². The largest absolute Gasteiger partial charge is 0.347 e. The molecule has 0 saturated heterocycles. The Hall–Kier alpha value is -2.41. The van der Waals surface area contributed by atoms with Crippen LogP contribution in [-0.2, 0) is 14.4 Å². The number of anilines is 1. The summed E-state index contributed by atoms with van der Waals surface area (Å²) in [5.41, 5.74) is 1.44. The van der Waals surface area contributed by atoms with E-state index in [1.54, 1.807) is 25.2 Å². The van der Waals surface area contributed by atoms with Gasteiger partial charge in [-0.15, -0.1) is 0 Å². The van der Waals surface area contributed by atoms with Crippen molar-refractivity contribution in [2.45, 2.75) is 6.04 Å². The number of para-hydroxylation sites is 1. The zero-order valence-electron chi connectivity index (χ0n) is 12.9. The molecule has 0 saturated carbocycles. The number of nitrogens with zero attached hydrogens (tertiary/aromatic N) is 2. The number of hydrogen-bond acceptors (Lipinski definition) is 4. The molecular weight excluding hydrogens is 284 g/mol. The van der Waals surface area contributed by atoms with E-state index >= 15 is 0 Å². The van der Waals surface area contributed by atoms with Gasteiger partial charge in [0, 0.05) is 31.4 Å². The third kappa shape index (κ3) is 3.25. The molecule has 2 rings (SSSR count). The summed E-state index contributed by atoms with van der Waals surface area (Å²) in [4.78, 5) is 39.2. The normalized spacial score (nSPS) is 16.6. The van der Waals surface area contributed by atoms with Gasteiger partial charge < -0.3 is 20.4 Å². The summed E-state index contributed by atoms with van der Waals surface area (Å²) in [7, 11) is 5.39. The van der Waals surface area contributed by atoms with Gasteiger partial charge in [0.25, 0.3) is 5.91 Å². The van der Waals surface area contributed by atoms with Crippen molar-refractivity contribution in [2.75, 3.05) is 39.1 Å². The summed E-state index contributed by atoms with van der Waals surface area (Å²) in [6, 6.07) is 6.37. The van der Waals surface area contributed by atoms with E-state index in [9.17, 15) is 14.4 Å². The van der Waals surface area contributed by atoms with Crippen LogP contribution < -0.4 is 15.5 Å². The van der Waals surface area contributed by atoms with Crippen LogP contribution in [-0.4, -0.2) is 56.9 Å². The van der Waals surface area contributed by atoms with Crippen molar-refractivity contribution in [1.29, 1.82) is 0 Å². The van der Waals surface area contributed by atoms with Gasteiger partial charge in [0.2, 0.25) is 0 Å². The van der Waals surface area contributed by atoms with Crippen molar-refractivity contribution in [3.63, 3.8) is 0 Å². The Morgan fingerprint density at radius 3 is 2.59 bits per heavy atom. The van der Waals surface area contributed by atoms with Gasteiger partial charge >= 0.3 is 11.8 Å². The molecule has 1 aromatic rings. The van der Waals surface area contributed by atoms with Crippen LogP contribution in [0.1, 0.15) is 11.6 Å². The molecule has 1 heterocycles. The summed E-state index contributed by atoms with van der Waals surface area (Å²) >= 11 is 0. The number of rotatable bonds is 4. The SMILES string of the molecule is CN(C)CCNC(=O)C(=O)N[C@H]1C(=O)N(C)c2ccccc21. The van der Waals surface area contributed by atoms with Gasteiger partial charge in [-0.05, 0) is 20.2 Å². The highest BCUT2D eigenvalue weighted by Crippen LogP contribution is 2.34. The lowest BCUT2D eigenvalue weighted by Gasteiger charge is -2.14. The first-order valence-electron chi connectivity index (χ1n) is 7.01. The second-order valence-corrected chi connectivity index (χ2v) is 5.42. The van der Waals surface area contributed by atoms with Gasteiger partial charge in [0.05, 0.1) is 0 Å². The molecule has 0 unspecified atom stereocenters. The van der Waals surface area contributed by atoms with Crippen LogP contribution in [0.15, 0.2) is 24.3 Å². The fourth-order valence-corrected chi connectivity index (χ4v) is 2.29. The maximum atomic E-state index is 12.2. The molecule has 1 aliphatic rings. The first-order chi connectivity index (χ1) is 10.4. The van der Waals surface area contributed by atoms with Crippen LogP contribution in [0.2, 0.25) is 0 Å². The van der Waals surface area contributed by atoms with Crippen LogP contribution in [0, 0.1) is 0 Å². The van der Waals surface area contributed by atoms with Crippen LogP contribution >= 0.6 is 0 Å². The van der Waals surface area contributed by atoms with E-state index in [0.29, 0.717) is 18.7 Å². The average molecular weight is 304 g/mol. The molecule has 22 heavy (non-hydrogen) atoms. The molecule has 1 aliphatic heterocycles. The third-order valence-electron chi connectivity index (χ3n) is 3.51. The topological polar surface area (TPSA) is 81.8 Å². The highest BCUT2D eigenvalue weighted by Gasteiger charge is 2.36. The van der Waals surface area contributed by atoms with Gasteiger partial charge in [-0.25, -0.2) is 0 Å². The van der Waals surface area contributed by atoms with Crippen LogP contribution in [0.25, 0.3) is 0 Å². The quantitative estimate of drug-likeness (QED) is 0.735. The summed E-state index contributed by atoms with van der Waals surface area (Å²) in [6.45, 7) is 1.00. The molecule has 1 atom stereocenters. The predicted octanol–water partition coefficient (Wildman–Crippen LogP) is -0.502. The molecule has 0 radical (unpaired) electrons. The zero-order chi connectivity index (χ0) is 16.3. The van der Waals surface area contributed by atoms with Crippen molar-refractivity contribution in [3.8, 4) is 0 Å². The number of amides is 3. The lowest BCUT2D eigenvalue weighted by atomic mass is 10.1. The van der Waals surface area contributed by atoms with Gasteiger partial charge in [-0.1, -0.05) is 18.2 Å². The number of carbonyl (C=O) groups is 3. The predicted molar refractivity (Wildman–Crippen MR) is 82.3 cm³/mol. The van der Waals surface area contributed by atoms with Gasteiger partial charge in [-0.2, -0.15) is 0 Å². The number of hydrogen-bond donors (Lipinski definition) is 2. The first kappa shape index (κ1) is 16.0. The molecule has 1 aromatic carbocycles. The van der Waals surface area contributed by atoms with E-state index in [0.717, 1.165) is 5.69 Å². The fraction of sp³-hybridized carbons (Fsp3) is 0.400. The minimum atomic E-state index is -0.812. The summed E-state index contributed by atoms with van der Waals surface area (Å²) < 4.78 is 0. The van der Waals surface area contributed by atoms with E-state index in [2.05, 4.69) is 10.6 Å². The van der Waals surface area contributed by atoms with E-state index in [4.69, 9.17) is 0 Å². The molecule has 118 valence electrons. The lowest BCUT2D eigenvalue weighted by molar-refractivity contribution is -0.140. The molecule has 7 nitrogen and oxygen atoms in total. The first-order valence-corrected chi connectivity index (χ1v) is 7.01. The van der Waals surface area contributed by atoms with E-state index in [1.165, 1.54) is 4.90 Å². The summed E-state index contributed by atoms with van der Waals surface area (Å²) in [6.07, 6.45) is 0. The highest BCUT2D eigenvalue weighted by atomic mass is 16.2. The lowest BCUT2D eigenvalue weighted by Crippen LogP contribution is -2.45. The molecule has 3 amide bonds. The van der Waals surface area contributed by atoms with E-state index < -0.39 is 17.9 Å².